The van der Waals surface area contributed by atoms with E-state index in [1.165, 1.54) is 0 Å². The molecule has 0 fully saturated rings. The van der Waals surface area contributed by atoms with Crippen molar-refractivity contribution in [1.29, 1.82) is 0 Å². The number of aromatic nitrogens is 2. The highest BCUT2D eigenvalue weighted by Crippen LogP contribution is 2.27. The first kappa shape index (κ1) is 19.6. The molecule has 0 spiro atoms. The van der Waals surface area contributed by atoms with Gasteiger partial charge >= 0.3 is 0 Å². The lowest BCUT2D eigenvalue weighted by molar-refractivity contribution is -0.123. The molecular formula is C22H25N3O3. The highest BCUT2D eigenvalue weighted by Gasteiger charge is 2.13. The fourth-order valence-electron chi connectivity index (χ4n) is 2.87. The number of ether oxygens (including phenoxy) is 1. The Kier molecular flexibility index (Phi) is 6.09. The number of hydrogen-bond donors (Lipinski definition) is 1. The minimum absolute atomic E-state index is 0.0675. The predicted molar refractivity (Wildman–Crippen MR) is 107 cm³/mol. The van der Waals surface area contributed by atoms with Gasteiger partial charge in [-0.05, 0) is 42.5 Å². The smallest absolute Gasteiger partial charge is 0.258 e. The molecule has 1 N–H and O–H groups in total. The second-order valence-electron chi connectivity index (χ2n) is 7.09. The van der Waals surface area contributed by atoms with Crippen molar-refractivity contribution in [2.24, 2.45) is 0 Å². The zero-order valence-electron chi connectivity index (χ0n) is 16.7. The topological polar surface area (TPSA) is 77.2 Å². The van der Waals surface area contributed by atoms with E-state index in [0.29, 0.717) is 17.6 Å². The van der Waals surface area contributed by atoms with Crippen molar-refractivity contribution in [2.75, 3.05) is 6.61 Å². The van der Waals surface area contributed by atoms with Crippen LogP contribution in [0.3, 0.4) is 0 Å². The maximum Gasteiger partial charge on any atom is 0.258 e. The van der Waals surface area contributed by atoms with Crippen LogP contribution in [0.25, 0.3) is 11.4 Å². The van der Waals surface area contributed by atoms with Gasteiger partial charge in [-0.15, -0.1) is 0 Å². The van der Waals surface area contributed by atoms with Gasteiger partial charge in [-0.25, -0.2) is 0 Å². The van der Waals surface area contributed by atoms with Gasteiger partial charge in [-0.2, -0.15) is 4.98 Å². The highest BCUT2D eigenvalue weighted by molar-refractivity contribution is 5.77. The Labute approximate surface area is 164 Å². The van der Waals surface area contributed by atoms with Crippen LogP contribution in [-0.4, -0.2) is 22.7 Å². The van der Waals surface area contributed by atoms with Crippen LogP contribution in [-0.2, 0) is 11.3 Å². The molecule has 3 aromatic rings. The number of benzene rings is 2. The Morgan fingerprint density at radius 1 is 1.18 bits per heavy atom. The first-order chi connectivity index (χ1) is 13.4. The van der Waals surface area contributed by atoms with Gasteiger partial charge in [0.15, 0.2) is 6.61 Å². The lowest BCUT2D eigenvalue weighted by Crippen LogP contribution is -2.28. The summed E-state index contributed by atoms with van der Waals surface area (Å²) in [5.41, 5.74) is 4.15. The molecule has 0 aliphatic rings. The summed E-state index contributed by atoms with van der Waals surface area (Å²) in [5.74, 6) is 1.68. The molecule has 0 aliphatic carbocycles. The lowest BCUT2D eigenvalue weighted by atomic mass is 10.0. The normalized spacial score (nSPS) is 10.9. The summed E-state index contributed by atoms with van der Waals surface area (Å²) in [6.45, 7) is 8.27. The standard InChI is InChI=1S/C22H25N3O3/c1-14(2)17-10-9-15(3)11-19(17)27-13-20(26)23-12-21-24-22(25-28-21)18-8-6-5-7-16(18)4/h5-11,14H,12-13H2,1-4H3,(H,23,26). The third-order valence-electron chi connectivity index (χ3n) is 4.44. The van der Waals surface area contributed by atoms with Gasteiger partial charge in [0.25, 0.3) is 5.91 Å². The summed E-state index contributed by atoms with van der Waals surface area (Å²) < 4.78 is 11.0. The van der Waals surface area contributed by atoms with E-state index >= 15 is 0 Å². The zero-order chi connectivity index (χ0) is 20.1. The second kappa shape index (κ2) is 8.69. The number of aryl methyl sites for hydroxylation is 2. The largest absolute Gasteiger partial charge is 0.483 e. The molecule has 28 heavy (non-hydrogen) atoms. The minimum atomic E-state index is -0.244. The number of nitrogens with zero attached hydrogens (tertiary/aromatic N) is 2. The average Bonchev–Trinajstić information content (AvgIpc) is 3.13. The molecule has 0 bridgehead atoms. The van der Waals surface area contributed by atoms with Crippen LogP contribution in [0.1, 0.15) is 42.3 Å². The molecule has 0 atom stereocenters. The number of carbonyl (C=O) groups is 1. The monoisotopic (exact) mass is 379 g/mol. The molecule has 1 amide bonds. The van der Waals surface area contributed by atoms with Crippen molar-refractivity contribution in [2.45, 2.75) is 40.2 Å². The molecule has 2 aromatic carbocycles. The van der Waals surface area contributed by atoms with Gasteiger partial charge < -0.3 is 14.6 Å². The maximum atomic E-state index is 12.2. The summed E-state index contributed by atoms with van der Waals surface area (Å²) >= 11 is 0. The molecule has 0 saturated heterocycles. The van der Waals surface area contributed by atoms with Crippen molar-refractivity contribution in [1.82, 2.24) is 15.5 Å². The maximum absolute atomic E-state index is 12.2. The van der Waals surface area contributed by atoms with Crippen LogP contribution in [0.4, 0.5) is 0 Å². The van der Waals surface area contributed by atoms with Crippen molar-refractivity contribution >= 4 is 5.91 Å². The molecule has 1 aromatic heterocycles. The summed E-state index contributed by atoms with van der Waals surface area (Å²) in [5, 5.41) is 6.74. The van der Waals surface area contributed by atoms with Crippen LogP contribution in [0, 0.1) is 13.8 Å². The summed E-state index contributed by atoms with van der Waals surface area (Å²) in [7, 11) is 0. The molecule has 0 saturated carbocycles. The van der Waals surface area contributed by atoms with Crippen LogP contribution in [0.15, 0.2) is 47.0 Å². The van der Waals surface area contributed by atoms with Crippen LogP contribution in [0.5, 0.6) is 5.75 Å². The number of carbonyl (C=O) groups excluding carboxylic acids is 1. The molecule has 146 valence electrons. The third kappa shape index (κ3) is 4.76. The predicted octanol–water partition coefficient (Wildman–Crippen LogP) is 4.17. The molecule has 1 heterocycles. The van der Waals surface area contributed by atoms with E-state index in [-0.39, 0.29) is 19.1 Å². The molecule has 0 unspecified atom stereocenters. The van der Waals surface area contributed by atoms with Gasteiger partial charge in [-0.3, -0.25) is 4.79 Å². The average molecular weight is 379 g/mol. The van der Waals surface area contributed by atoms with Gasteiger partial charge in [-0.1, -0.05) is 55.4 Å². The zero-order valence-corrected chi connectivity index (χ0v) is 16.7. The first-order valence-corrected chi connectivity index (χ1v) is 9.32. The fraction of sp³-hybridized carbons (Fsp3) is 0.318. The molecule has 6 heteroatoms. The van der Waals surface area contributed by atoms with E-state index in [0.717, 1.165) is 28.0 Å². The quantitative estimate of drug-likeness (QED) is 0.667. The number of nitrogens with one attached hydrogen (secondary N) is 1. The van der Waals surface area contributed by atoms with Gasteiger partial charge in [0.2, 0.25) is 11.7 Å². The summed E-state index contributed by atoms with van der Waals surface area (Å²) in [6, 6.07) is 13.8. The van der Waals surface area contributed by atoms with E-state index in [4.69, 9.17) is 9.26 Å². The van der Waals surface area contributed by atoms with E-state index in [1.54, 1.807) is 0 Å². The van der Waals surface area contributed by atoms with Crippen molar-refractivity contribution in [3.05, 3.63) is 65.0 Å². The van der Waals surface area contributed by atoms with Crippen LogP contribution in [0.2, 0.25) is 0 Å². The second-order valence-corrected chi connectivity index (χ2v) is 7.09. The lowest BCUT2D eigenvalue weighted by Gasteiger charge is -2.14. The first-order valence-electron chi connectivity index (χ1n) is 9.32. The van der Waals surface area contributed by atoms with Crippen LogP contribution >= 0.6 is 0 Å². The number of rotatable bonds is 7. The number of hydrogen-bond acceptors (Lipinski definition) is 5. The van der Waals surface area contributed by atoms with Gasteiger partial charge in [0.05, 0.1) is 6.54 Å². The van der Waals surface area contributed by atoms with E-state index in [1.807, 2.05) is 56.3 Å². The van der Waals surface area contributed by atoms with Crippen molar-refractivity contribution < 1.29 is 14.1 Å². The number of amides is 1. The molecule has 6 nitrogen and oxygen atoms in total. The van der Waals surface area contributed by atoms with E-state index in [2.05, 4.69) is 29.3 Å². The van der Waals surface area contributed by atoms with Crippen molar-refractivity contribution in [3.8, 4) is 17.1 Å². The Morgan fingerprint density at radius 2 is 1.96 bits per heavy atom. The SMILES string of the molecule is Cc1ccc(C(C)C)c(OCC(=O)NCc2nc(-c3ccccc3C)no2)c1. The van der Waals surface area contributed by atoms with Crippen LogP contribution < -0.4 is 10.1 Å². The summed E-state index contributed by atoms with van der Waals surface area (Å²) in [6.07, 6.45) is 0. The Balaban J connectivity index is 1.56. The third-order valence-corrected chi connectivity index (χ3v) is 4.44. The molecule has 0 radical (unpaired) electrons. The molecule has 3 rings (SSSR count). The Bertz CT molecular complexity index is 963. The summed E-state index contributed by atoms with van der Waals surface area (Å²) in [4.78, 5) is 16.5. The van der Waals surface area contributed by atoms with E-state index < -0.39 is 0 Å². The van der Waals surface area contributed by atoms with Crippen molar-refractivity contribution in [3.63, 3.8) is 0 Å². The highest BCUT2D eigenvalue weighted by atomic mass is 16.5. The van der Waals surface area contributed by atoms with Gasteiger partial charge in [0, 0.05) is 5.56 Å². The molecular weight excluding hydrogens is 354 g/mol. The fourth-order valence-corrected chi connectivity index (χ4v) is 2.87. The Hall–Kier alpha value is -3.15. The molecule has 0 aliphatic heterocycles. The minimum Gasteiger partial charge on any atom is -0.483 e. The van der Waals surface area contributed by atoms with Gasteiger partial charge in [0.1, 0.15) is 5.75 Å². The Morgan fingerprint density at radius 3 is 2.71 bits per heavy atom. The van der Waals surface area contributed by atoms with E-state index in [9.17, 15) is 4.79 Å².